The van der Waals surface area contributed by atoms with E-state index in [4.69, 9.17) is 4.74 Å². The molecule has 94 valence electrons. The summed E-state index contributed by atoms with van der Waals surface area (Å²) < 4.78 is 5.31. The second kappa shape index (κ2) is 4.14. The van der Waals surface area contributed by atoms with Crippen LogP contribution >= 0.6 is 0 Å². The van der Waals surface area contributed by atoms with E-state index in [0.29, 0.717) is 0 Å². The summed E-state index contributed by atoms with van der Waals surface area (Å²) in [6.45, 7) is 3.61. The van der Waals surface area contributed by atoms with Crippen LogP contribution in [0.1, 0.15) is 16.7 Å². The molecule has 0 spiro atoms. The molecule has 2 heterocycles. The summed E-state index contributed by atoms with van der Waals surface area (Å²) in [5, 5.41) is 4.41. The molecule has 0 aliphatic carbocycles. The van der Waals surface area contributed by atoms with E-state index >= 15 is 0 Å². The van der Waals surface area contributed by atoms with Crippen molar-refractivity contribution in [2.75, 3.05) is 13.7 Å². The van der Waals surface area contributed by atoms with Gasteiger partial charge in [-0.15, -0.1) is 0 Å². The number of pyridine rings is 1. The average molecular weight is 244 g/mol. The zero-order chi connectivity index (χ0) is 12.7. The number of benzene rings is 1. The van der Waals surface area contributed by atoms with Gasteiger partial charge in [0, 0.05) is 17.5 Å². The van der Waals surface area contributed by atoms with Crippen molar-refractivity contribution >= 4 is 10.9 Å². The Kier molecular flexibility index (Phi) is 2.59. The van der Waals surface area contributed by atoms with Gasteiger partial charge in [-0.3, -0.25) is 4.79 Å². The van der Waals surface area contributed by atoms with Crippen molar-refractivity contribution in [2.24, 2.45) is 0 Å². The fourth-order valence-corrected chi connectivity index (χ4v) is 2.66. The Bertz CT molecular complexity index is 674. The summed E-state index contributed by atoms with van der Waals surface area (Å²) in [6, 6.07) is 3.95. The van der Waals surface area contributed by atoms with Gasteiger partial charge in [0.2, 0.25) is 0 Å². The van der Waals surface area contributed by atoms with Crippen molar-refractivity contribution in [3.8, 4) is 5.75 Å². The van der Waals surface area contributed by atoms with Crippen molar-refractivity contribution in [3.05, 3.63) is 39.2 Å². The lowest BCUT2D eigenvalue weighted by Crippen LogP contribution is -2.30. The predicted octanol–water partition coefficient (Wildman–Crippen LogP) is 1.49. The standard InChI is InChI=1S/C14H16N2O2/c1-8-5-9(18-2)6-11-12-7-15-4-3-10(12)14(17)16-13(8)11/h5-6,15H,3-4,7H2,1-2H3,(H,16,17). The molecule has 1 aliphatic rings. The molecule has 2 aromatic rings. The van der Waals surface area contributed by atoms with Crippen molar-refractivity contribution in [1.82, 2.24) is 10.3 Å². The van der Waals surface area contributed by atoms with Gasteiger partial charge in [0.1, 0.15) is 5.75 Å². The highest BCUT2D eigenvalue weighted by molar-refractivity contribution is 5.87. The number of aromatic amines is 1. The average Bonchev–Trinajstić information content (AvgIpc) is 2.40. The van der Waals surface area contributed by atoms with E-state index in [2.05, 4.69) is 10.3 Å². The van der Waals surface area contributed by atoms with Crippen LogP contribution in [0.2, 0.25) is 0 Å². The lowest BCUT2D eigenvalue weighted by Gasteiger charge is -2.19. The first-order chi connectivity index (χ1) is 8.70. The first-order valence-electron chi connectivity index (χ1n) is 6.14. The molecule has 18 heavy (non-hydrogen) atoms. The first kappa shape index (κ1) is 11.3. The van der Waals surface area contributed by atoms with Crippen molar-refractivity contribution in [1.29, 1.82) is 0 Å². The molecular formula is C14H16N2O2. The number of ether oxygens (including phenoxy) is 1. The molecule has 4 heteroatoms. The number of rotatable bonds is 1. The number of aromatic nitrogens is 1. The van der Waals surface area contributed by atoms with Crippen LogP contribution in [0.4, 0.5) is 0 Å². The van der Waals surface area contributed by atoms with Gasteiger partial charge in [0.25, 0.3) is 5.56 Å². The largest absolute Gasteiger partial charge is 0.497 e. The Morgan fingerprint density at radius 3 is 2.89 bits per heavy atom. The summed E-state index contributed by atoms with van der Waals surface area (Å²) in [5.74, 6) is 0.833. The Labute approximate surface area is 105 Å². The van der Waals surface area contributed by atoms with E-state index in [1.807, 2.05) is 19.1 Å². The van der Waals surface area contributed by atoms with Crippen LogP contribution in [0, 0.1) is 6.92 Å². The molecule has 1 aliphatic heterocycles. The van der Waals surface area contributed by atoms with Gasteiger partial charge in [-0.25, -0.2) is 0 Å². The summed E-state index contributed by atoms with van der Waals surface area (Å²) in [5.41, 5.74) is 4.03. The molecule has 3 rings (SSSR count). The molecule has 0 atom stereocenters. The van der Waals surface area contributed by atoms with Gasteiger partial charge in [-0.05, 0) is 43.1 Å². The Morgan fingerprint density at radius 1 is 1.28 bits per heavy atom. The molecule has 1 aromatic carbocycles. The van der Waals surface area contributed by atoms with Crippen LogP contribution in [-0.2, 0) is 13.0 Å². The zero-order valence-electron chi connectivity index (χ0n) is 10.6. The summed E-state index contributed by atoms with van der Waals surface area (Å²) >= 11 is 0. The van der Waals surface area contributed by atoms with Gasteiger partial charge in [-0.2, -0.15) is 0 Å². The van der Waals surface area contributed by atoms with E-state index in [-0.39, 0.29) is 5.56 Å². The number of aryl methyl sites for hydroxylation is 1. The van der Waals surface area contributed by atoms with Crippen LogP contribution in [0.5, 0.6) is 5.75 Å². The highest BCUT2D eigenvalue weighted by Crippen LogP contribution is 2.27. The Morgan fingerprint density at radius 2 is 2.11 bits per heavy atom. The number of nitrogens with one attached hydrogen (secondary N) is 2. The van der Waals surface area contributed by atoms with Gasteiger partial charge in [0.05, 0.1) is 12.6 Å². The normalized spacial score (nSPS) is 14.6. The van der Waals surface area contributed by atoms with Crippen molar-refractivity contribution in [2.45, 2.75) is 19.9 Å². The lowest BCUT2D eigenvalue weighted by molar-refractivity contribution is 0.415. The Balaban J connectivity index is 2.42. The minimum Gasteiger partial charge on any atom is -0.497 e. The highest BCUT2D eigenvalue weighted by Gasteiger charge is 2.17. The van der Waals surface area contributed by atoms with Crippen LogP contribution in [0.25, 0.3) is 10.9 Å². The minimum atomic E-state index is 0.0484. The fraction of sp³-hybridized carbons (Fsp3) is 0.357. The molecule has 2 N–H and O–H groups in total. The predicted molar refractivity (Wildman–Crippen MR) is 71.3 cm³/mol. The molecule has 0 amide bonds. The van der Waals surface area contributed by atoms with Crippen molar-refractivity contribution in [3.63, 3.8) is 0 Å². The number of hydrogen-bond acceptors (Lipinski definition) is 3. The van der Waals surface area contributed by atoms with E-state index in [1.54, 1.807) is 7.11 Å². The van der Waals surface area contributed by atoms with Crippen LogP contribution in [0.3, 0.4) is 0 Å². The molecule has 1 aromatic heterocycles. The third kappa shape index (κ3) is 1.61. The lowest BCUT2D eigenvalue weighted by atomic mass is 9.96. The van der Waals surface area contributed by atoms with Gasteiger partial charge < -0.3 is 15.0 Å². The number of hydrogen-bond donors (Lipinski definition) is 2. The molecule has 4 nitrogen and oxygen atoms in total. The minimum absolute atomic E-state index is 0.0484. The number of fused-ring (bicyclic) bond motifs is 3. The van der Waals surface area contributed by atoms with Gasteiger partial charge in [0.15, 0.2) is 0 Å². The SMILES string of the molecule is COc1cc(C)c2[nH]c(=O)c3c(c2c1)CNCC3. The second-order valence-electron chi connectivity index (χ2n) is 4.70. The Hall–Kier alpha value is -1.81. The quantitative estimate of drug-likeness (QED) is 0.799. The molecule has 0 radical (unpaired) electrons. The van der Waals surface area contributed by atoms with Gasteiger partial charge in [-0.1, -0.05) is 0 Å². The van der Waals surface area contributed by atoms with E-state index < -0.39 is 0 Å². The first-order valence-corrected chi connectivity index (χ1v) is 6.14. The maximum absolute atomic E-state index is 12.1. The van der Waals surface area contributed by atoms with Crippen LogP contribution in [-0.4, -0.2) is 18.6 Å². The summed E-state index contributed by atoms with van der Waals surface area (Å²) in [6.07, 6.45) is 0.789. The molecule has 0 bridgehead atoms. The van der Waals surface area contributed by atoms with E-state index in [9.17, 15) is 4.79 Å². The zero-order valence-corrected chi connectivity index (χ0v) is 10.6. The third-order valence-corrected chi connectivity index (χ3v) is 3.60. The topological polar surface area (TPSA) is 54.1 Å². The molecule has 0 saturated carbocycles. The number of H-pyrrole nitrogens is 1. The highest BCUT2D eigenvalue weighted by atomic mass is 16.5. The fourth-order valence-electron chi connectivity index (χ4n) is 2.66. The van der Waals surface area contributed by atoms with Crippen molar-refractivity contribution < 1.29 is 4.74 Å². The van der Waals surface area contributed by atoms with E-state index in [1.165, 1.54) is 0 Å². The second-order valence-corrected chi connectivity index (χ2v) is 4.70. The monoisotopic (exact) mass is 244 g/mol. The number of methoxy groups -OCH3 is 1. The molecule has 0 unspecified atom stereocenters. The molecular weight excluding hydrogens is 228 g/mol. The third-order valence-electron chi connectivity index (χ3n) is 3.60. The van der Waals surface area contributed by atoms with Crippen LogP contribution in [0.15, 0.2) is 16.9 Å². The summed E-state index contributed by atoms with van der Waals surface area (Å²) in [4.78, 5) is 15.1. The van der Waals surface area contributed by atoms with Crippen LogP contribution < -0.4 is 15.6 Å². The summed E-state index contributed by atoms with van der Waals surface area (Å²) in [7, 11) is 1.66. The maximum Gasteiger partial charge on any atom is 0.252 e. The molecule has 0 saturated heterocycles. The maximum atomic E-state index is 12.1. The molecule has 0 fully saturated rings. The van der Waals surface area contributed by atoms with Gasteiger partial charge >= 0.3 is 0 Å². The van der Waals surface area contributed by atoms with E-state index in [0.717, 1.165) is 52.9 Å². The smallest absolute Gasteiger partial charge is 0.252 e.